The molecular weight excluding hydrogens is 294 g/mol. The quantitative estimate of drug-likeness (QED) is 0.632. The van der Waals surface area contributed by atoms with E-state index < -0.39 is 22.5 Å². The van der Waals surface area contributed by atoms with Crippen LogP contribution in [-0.2, 0) is 6.42 Å². The lowest BCUT2D eigenvalue weighted by Gasteiger charge is -2.17. The number of non-ortho nitro benzene ring substituents is 1. The highest BCUT2D eigenvalue weighted by molar-refractivity contribution is 6.07. The third-order valence-corrected chi connectivity index (χ3v) is 3.52. The number of carbonyl (C=O) groups is 1. The standard InChI is InChI=1S/C15H10F2N2O3/c16-11-5-10(6-12(17)8-11)15(20)18-4-3-9-7-13(19(21)22)1-2-14(9)18/h1-2,5-8H,3-4H2. The summed E-state index contributed by atoms with van der Waals surface area (Å²) in [4.78, 5) is 24.0. The molecule has 0 spiro atoms. The summed E-state index contributed by atoms with van der Waals surface area (Å²) in [5.74, 6) is -2.19. The van der Waals surface area contributed by atoms with E-state index in [1.54, 1.807) is 0 Å². The minimum absolute atomic E-state index is 0.0511. The second kappa shape index (κ2) is 5.18. The maximum absolute atomic E-state index is 13.2. The lowest BCUT2D eigenvalue weighted by atomic mass is 10.1. The predicted molar refractivity (Wildman–Crippen MR) is 74.8 cm³/mol. The Balaban J connectivity index is 1.95. The molecule has 1 amide bonds. The lowest BCUT2D eigenvalue weighted by Crippen LogP contribution is -2.29. The first-order valence-electron chi connectivity index (χ1n) is 6.51. The fraction of sp³-hybridized carbons (Fsp3) is 0.133. The molecule has 0 N–H and O–H groups in total. The first-order chi connectivity index (χ1) is 10.5. The average molecular weight is 304 g/mol. The molecule has 0 unspecified atom stereocenters. The first kappa shape index (κ1) is 14.1. The highest BCUT2D eigenvalue weighted by Crippen LogP contribution is 2.32. The summed E-state index contributed by atoms with van der Waals surface area (Å²) in [6, 6.07) is 6.82. The second-order valence-corrected chi connectivity index (χ2v) is 4.94. The summed E-state index contributed by atoms with van der Waals surface area (Å²) >= 11 is 0. The van der Waals surface area contributed by atoms with Crippen LogP contribution < -0.4 is 4.90 Å². The van der Waals surface area contributed by atoms with Crippen LogP contribution in [0.25, 0.3) is 0 Å². The Morgan fingerprint density at radius 1 is 1.14 bits per heavy atom. The minimum atomic E-state index is -0.827. The van der Waals surface area contributed by atoms with Gasteiger partial charge in [0, 0.05) is 36.0 Å². The second-order valence-electron chi connectivity index (χ2n) is 4.94. The molecule has 5 nitrogen and oxygen atoms in total. The number of nitro benzene ring substituents is 1. The zero-order valence-corrected chi connectivity index (χ0v) is 11.3. The van der Waals surface area contributed by atoms with Gasteiger partial charge in [0.25, 0.3) is 11.6 Å². The van der Waals surface area contributed by atoms with Crippen LogP contribution in [-0.4, -0.2) is 17.4 Å². The van der Waals surface area contributed by atoms with Gasteiger partial charge in [-0.25, -0.2) is 8.78 Å². The molecule has 7 heteroatoms. The molecule has 1 aliphatic heterocycles. The van der Waals surface area contributed by atoms with Crippen LogP contribution in [0.2, 0.25) is 0 Å². The van der Waals surface area contributed by atoms with Crippen LogP contribution in [0.4, 0.5) is 20.2 Å². The molecule has 2 aromatic carbocycles. The van der Waals surface area contributed by atoms with Gasteiger partial charge >= 0.3 is 0 Å². The van der Waals surface area contributed by atoms with Crippen LogP contribution in [0.15, 0.2) is 36.4 Å². The minimum Gasteiger partial charge on any atom is -0.308 e. The Bertz CT molecular complexity index is 772. The highest BCUT2D eigenvalue weighted by atomic mass is 19.1. The van der Waals surface area contributed by atoms with Gasteiger partial charge in [-0.05, 0) is 30.2 Å². The van der Waals surface area contributed by atoms with Crippen molar-refractivity contribution in [3.8, 4) is 0 Å². The van der Waals surface area contributed by atoms with E-state index in [1.165, 1.54) is 23.1 Å². The third-order valence-electron chi connectivity index (χ3n) is 3.52. The van der Waals surface area contributed by atoms with Gasteiger partial charge in [0.1, 0.15) is 11.6 Å². The summed E-state index contributed by atoms with van der Waals surface area (Å²) in [7, 11) is 0. The van der Waals surface area contributed by atoms with Crippen molar-refractivity contribution in [1.82, 2.24) is 0 Å². The number of halogens is 2. The molecule has 0 fully saturated rings. The molecule has 2 aromatic rings. The molecule has 1 heterocycles. The molecule has 22 heavy (non-hydrogen) atoms. The number of benzene rings is 2. The van der Waals surface area contributed by atoms with Gasteiger partial charge in [-0.15, -0.1) is 0 Å². The number of carbonyl (C=O) groups excluding carboxylic acids is 1. The molecule has 112 valence electrons. The van der Waals surface area contributed by atoms with Gasteiger partial charge in [0.2, 0.25) is 0 Å². The fourth-order valence-corrected chi connectivity index (χ4v) is 2.55. The SMILES string of the molecule is O=C(c1cc(F)cc(F)c1)N1CCc2cc([N+](=O)[O-])ccc21. The number of anilines is 1. The van der Waals surface area contributed by atoms with Gasteiger partial charge in [-0.1, -0.05) is 0 Å². The average Bonchev–Trinajstić information content (AvgIpc) is 2.88. The maximum Gasteiger partial charge on any atom is 0.269 e. The van der Waals surface area contributed by atoms with Gasteiger partial charge in [0.15, 0.2) is 0 Å². The largest absolute Gasteiger partial charge is 0.308 e. The van der Waals surface area contributed by atoms with Crippen molar-refractivity contribution < 1.29 is 18.5 Å². The number of nitrogens with zero attached hydrogens (tertiary/aromatic N) is 2. The van der Waals surface area contributed by atoms with Gasteiger partial charge < -0.3 is 4.90 Å². The first-order valence-corrected chi connectivity index (χ1v) is 6.51. The van der Waals surface area contributed by atoms with E-state index in [4.69, 9.17) is 0 Å². The summed E-state index contributed by atoms with van der Waals surface area (Å²) in [5.41, 5.74) is 1.05. The number of amides is 1. The van der Waals surface area contributed by atoms with Gasteiger partial charge in [0.05, 0.1) is 4.92 Å². The van der Waals surface area contributed by atoms with Crippen molar-refractivity contribution in [3.63, 3.8) is 0 Å². The van der Waals surface area contributed by atoms with E-state index in [2.05, 4.69) is 0 Å². The van der Waals surface area contributed by atoms with Crippen LogP contribution in [0.1, 0.15) is 15.9 Å². The van der Waals surface area contributed by atoms with E-state index in [0.717, 1.165) is 12.1 Å². The van der Waals surface area contributed by atoms with E-state index in [1.807, 2.05) is 0 Å². The highest BCUT2D eigenvalue weighted by Gasteiger charge is 2.27. The zero-order chi connectivity index (χ0) is 15.9. The van der Waals surface area contributed by atoms with E-state index in [9.17, 15) is 23.7 Å². The smallest absolute Gasteiger partial charge is 0.269 e. The molecule has 0 radical (unpaired) electrons. The maximum atomic E-state index is 13.2. The topological polar surface area (TPSA) is 63.5 Å². The number of hydrogen-bond acceptors (Lipinski definition) is 3. The number of rotatable bonds is 2. The summed E-state index contributed by atoms with van der Waals surface area (Å²) in [5, 5.41) is 10.8. The van der Waals surface area contributed by atoms with Crippen molar-refractivity contribution >= 4 is 17.3 Å². The molecule has 0 aliphatic carbocycles. The molecule has 0 saturated carbocycles. The van der Waals surface area contributed by atoms with Crippen LogP contribution in [0.3, 0.4) is 0 Å². The normalized spacial score (nSPS) is 13.1. The Labute approximate surface area is 123 Å². The van der Waals surface area contributed by atoms with E-state index >= 15 is 0 Å². The van der Waals surface area contributed by atoms with Crippen molar-refractivity contribution in [2.45, 2.75) is 6.42 Å². The van der Waals surface area contributed by atoms with Crippen molar-refractivity contribution in [2.75, 3.05) is 11.4 Å². The Morgan fingerprint density at radius 3 is 2.45 bits per heavy atom. The van der Waals surface area contributed by atoms with Gasteiger partial charge in [-0.2, -0.15) is 0 Å². The molecule has 0 saturated heterocycles. The van der Waals surface area contributed by atoms with Crippen molar-refractivity contribution in [2.24, 2.45) is 0 Å². The number of hydrogen-bond donors (Lipinski definition) is 0. The predicted octanol–water partition coefficient (Wildman–Crippen LogP) is 3.08. The monoisotopic (exact) mass is 304 g/mol. The molecule has 3 rings (SSSR count). The van der Waals surface area contributed by atoms with Crippen LogP contribution >= 0.6 is 0 Å². The number of fused-ring (bicyclic) bond motifs is 1. The van der Waals surface area contributed by atoms with Gasteiger partial charge in [-0.3, -0.25) is 14.9 Å². The molecular formula is C15H10F2N2O3. The third kappa shape index (κ3) is 2.41. The Morgan fingerprint density at radius 2 is 1.82 bits per heavy atom. The Kier molecular flexibility index (Phi) is 3.32. The molecule has 0 atom stereocenters. The summed E-state index contributed by atoms with van der Waals surface area (Å²) in [6.07, 6.45) is 0.459. The summed E-state index contributed by atoms with van der Waals surface area (Å²) in [6.45, 7) is 0.313. The van der Waals surface area contributed by atoms with Crippen LogP contribution in [0.5, 0.6) is 0 Å². The van der Waals surface area contributed by atoms with Crippen LogP contribution in [0, 0.1) is 21.7 Å². The van der Waals surface area contributed by atoms with Crippen molar-refractivity contribution in [1.29, 1.82) is 0 Å². The van der Waals surface area contributed by atoms with E-state index in [-0.39, 0.29) is 11.3 Å². The molecule has 0 bridgehead atoms. The molecule has 0 aromatic heterocycles. The lowest BCUT2D eigenvalue weighted by molar-refractivity contribution is -0.384. The Hall–Kier alpha value is -2.83. The molecule has 1 aliphatic rings. The van der Waals surface area contributed by atoms with E-state index in [0.29, 0.717) is 30.3 Å². The van der Waals surface area contributed by atoms with Crippen molar-refractivity contribution in [3.05, 3.63) is 69.3 Å². The number of nitro groups is 1. The zero-order valence-electron chi connectivity index (χ0n) is 11.3. The summed E-state index contributed by atoms with van der Waals surface area (Å²) < 4.78 is 26.5. The fourth-order valence-electron chi connectivity index (χ4n) is 2.55.